The highest BCUT2D eigenvalue weighted by atomic mass is 19.1. The van der Waals surface area contributed by atoms with E-state index in [4.69, 9.17) is 4.74 Å². The number of methoxy groups -OCH3 is 1. The standard InChI is InChI=1S/C14H12FO/c1-10-4-3-5-11(8-10)13-7-6-12(15)9-14(13)16-2/h3,5-9H,1-2H3. The molecule has 0 atom stereocenters. The third kappa shape index (κ3) is 2.06. The highest BCUT2D eigenvalue weighted by Gasteiger charge is 2.06. The van der Waals surface area contributed by atoms with Gasteiger partial charge in [0.25, 0.3) is 0 Å². The predicted octanol–water partition coefficient (Wildman–Crippen LogP) is 3.61. The van der Waals surface area contributed by atoms with Crippen molar-refractivity contribution in [1.82, 2.24) is 0 Å². The average Bonchev–Trinajstić information content (AvgIpc) is 2.28. The Morgan fingerprint density at radius 3 is 2.69 bits per heavy atom. The van der Waals surface area contributed by atoms with Crippen molar-refractivity contribution < 1.29 is 9.13 Å². The summed E-state index contributed by atoms with van der Waals surface area (Å²) in [5.74, 6) is 0.255. The van der Waals surface area contributed by atoms with Crippen molar-refractivity contribution in [3.8, 4) is 16.9 Å². The van der Waals surface area contributed by atoms with E-state index in [1.807, 2.05) is 25.1 Å². The van der Waals surface area contributed by atoms with E-state index in [-0.39, 0.29) is 5.82 Å². The topological polar surface area (TPSA) is 9.23 Å². The minimum atomic E-state index is -0.292. The first kappa shape index (κ1) is 10.7. The lowest BCUT2D eigenvalue weighted by Crippen LogP contribution is -1.89. The number of benzene rings is 2. The lowest BCUT2D eigenvalue weighted by Gasteiger charge is -2.09. The SMILES string of the molecule is COc1cc(F)ccc1-c1cc[c]c(C)c1. The van der Waals surface area contributed by atoms with Crippen LogP contribution in [0.2, 0.25) is 0 Å². The fraction of sp³-hybridized carbons (Fsp3) is 0.143. The molecule has 0 saturated carbocycles. The first-order valence-electron chi connectivity index (χ1n) is 5.03. The van der Waals surface area contributed by atoms with Crippen LogP contribution in [0.25, 0.3) is 11.1 Å². The number of rotatable bonds is 2. The summed E-state index contributed by atoms with van der Waals surface area (Å²) in [6, 6.07) is 13.4. The maximum Gasteiger partial charge on any atom is 0.129 e. The fourth-order valence-electron chi connectivity index (χ4n) is 1.66. The van der Waals surface area contributed by atoms with Crippen LogP contribution in [0.3, 0.4) is 0 Å². The quantitative estimate of drug-likeness (QED) is 0.743. The van der Waals surface area contributed by atoms with Crippen LogP contribution >= 0.6 is 0 Å². The van der Waals surface area contributed by atoms with Gasteiger partial charge in [-0.2, -0.15) is 0 Å². The van der Waals surface area contributed by atoms with E-state index in [9.17, 15) is 4.39 Å². The highest BCUT2D eigenvalue weighted by Crippen LogP contribution is 2.30. The molecule has 0 aliphatic rings. The van der Waals surface area contributed by atoms with Gasteiger partial charge >= 0.3 is 0 Å². The van der Waals surface area contributed by atoms with Crippen LogP contribution in [0.5, 0.6) is 5.75 Å². The summed E-state index contributed by atoms with van der Waals surface area (Å²) in [7, 11) is 1.54. The molecule has 81 valence electrons. The Balaban J connectivity index is 2.55. The van der Waals surface area contributed by atoms with E-state index in [2.05, 4.69) is 6.07 Å². The van der Waals surface area contributed by atoms with Crippen molar-refractivity contribution in [2.45, 2.75) is 6.92 Å². The molecule has 0 saturated heterocycles. The molecule has 1 radical (unpaired) electrons. The molecule has 1 nitrogen and oxygen atoms in total. The van der Waals surface area contributed by atoms with Crippen LogP contribution in [-0.4, -0.2) is 7.11 Å². The first-order valence-corrected chi connectivity index (χ1v) is 5.03. The molecule has 0 aliphatic carbocycles. The van der Waals surface area contributed by atoms with Gasteiger partial charge in [0, 0.05) is 11.6 Å². The zero-order valence-corrected chi connectivity index (χ0v) is 9.25. The molecule has 2 heteroatoms. The van der Waals surface area contributed by atoms with E-state index < -0.39 is 0 Å². The lowest BCUT2D eigenvalue weighted by atomic mass is 10.0. The third-order valence-corrected chi connectivity index (χ3v) is 2.42. The minimum Gasteiger partial charge on any atom is -0.496 e. The molecule has 0 unspecified atom stereocenters. The minimum absolute atomic E-state index is 0.292. The summed E-state index contributed by atoms with van der Waals surface area (Å²) in [5, 5.41) is 0. The van der Waals surface area contributed by atoms with Gasteiger partial charge in [-0.3, -0.25) is 0 Å². The largest absolute Gasteiger partial charge is 0.496 e. The smallest absolute Gasteiger partial charge is 0.129 e. The maximum absolute atomic E-state index is 13.0. The number of halogens is 1. The van der Waals surface area contributed by atoms with Crippen LogP contribution in [-0.2, 0) is 0 Å². The van der Waals surface area contributed by atoms with Gasteiger partial charge in [-0.25, -0.2) is 4.39 Å². The zero-order valence-electron chi connectivity index (χ0n) is 9.25. The first-order chi connectivity index (χ1) is 7.70. The molecule has 0 aliphatic heterocycles. The van der Waals surface area contributed by atoms with Crippen molar-refractivity contribution >= 4 is 0 Å². The fourth-order valence-corrected chi connectivity index (χ4v) is 1.66. The lowest BCUT2D eigenvalue weighted by molar-refractivity contribution is 0.413. The van der Waals surface area contributed by atoms with Crippen molar-refractivity contribution in [3.05, 3.63) is 53.8 Å². The van der Waals surface area contributed by atoms with Gasteiger partial charge in [0.2, 0.25) is 0 Å². The number of ether oxygens (including phenoxy) is 1. The Kier molecular flexibility index (Phi) is 2.91. The zero-order chi connectivity index (χ0) is 11.5. The van der Waals surface area contributed by atoms with E-state index in [0.29, 0.717) is 5.75 Å². The normalized spacial score (nSPS) is 10.2. The Labute approximate surface area is 94.5 Å². The monoisotopic (exact) mass is 215 g/mol. The molecule has 2 rings (SSSR count). The molecule has 0 aromatic heterocycles. The van der Waals surface area contributed by atoms with Gasteiger partial charge in [-0.05, 0) is 36.2 Å². The molecule has 0 fully saturated rings. The van der Waals surface area contributed by atoms with Gasteiger partial charge < -0.3 is 4.74 Å². The molecule has 0 spiro atoms. The summed E-state index contributed by atoms with van der Waals surface area (Å²) in [6.45, 7) is 1.97. The Morgan fingerprint density at radius 1 is 1.19 bits per heavy atom. The van der Waals surface area contributed by atoms with Gasteiger partial charge in [0.15, 0.2) is 0 Å². The van der Waals surface area contributed by atoms with Crippen LogP contribution < -0.4 is 4.74 Å². The number of hydrogen-bond donors (Lipinski definition) is 0. The highest BCUT2D eigenvalue weighted by molar-refractivity contribution is 5.70. The molecular formula is C14H12FO. The number of aryl methyl sites for hydroxylation is 1. The number of hydrogen-bond acceptors (Lipinski definition) is 1. The molecule has 0 bridgehead atoms. The van der Waals surface area contributed by atoms with E-state index in [1.165, 1.54) is 12.1 Å². The summed E-state index contributed by atoms with van der Waals surface area (Å²) in [6.07, 6.45) is 0. The van der Waals surface area contributed by atoms with Crippen molar-refractivity contribution in [3.63, 3.8) is 0 Å². The van der Waals surface area contributed by atoms with E-state index in [1.54, 1.807) is 13.2 Å². The third-order valence-electron chi connectivity index (χ3n) is 2.42. The van der Waals surface area contributed by atoms with Crippen molar-refractivity contribution in [2.24, 2.45) is 0 Å². The molecule has 2 aromatic carbocycles. The van der Waals surface area contributed by atoms with Gasteiger partial charge in [-0.1, -0.05) is 18.2 Å². The van der Waals surface area contributed by atoms with Crippen molar-refractivity contribution in [1.29, 1.82) is 0 Å². The molecule has 0 N–H and O–H groups in total. The summed E-state index contributed by atoms with van der Waals surface area (Å²) in [5.41, 5.74) is 2.94. The maximum atomic E-state index is 13.0. The summed E-state index contributed by atoms with van der Waals surface area (Å²) < 4.78 is 18.2. The molecule has 0 heterocycles. The van der Waals surface area contributed by atoms with E-state index >= 15 is 0 Å². The van der Waals surface area contributed by atoms with E-state index in [0.717, 1.165) is 16.7 Å². The van der Waals surface area contributed by atoms with Gasteiger partial charge in [0.05, 0.1) is 7.11 Å². The van der Waals surface area contributed by atoms with Gasteiger partial charge in [-0.15, -0.1) is 0 Å². The molecule has 16 heavy (non-hydrogen) atoms. The Hall–Kier alpha value is -1.83. The Morgan fingerprint density at radius 2 is 2.00 bits per heavy atom. The second-order valence-corrected chi connectivity index (χ2v) is 3.60. The van der Waals surface area contributed by atoms with Gasteiger partial charge in [0.1, 0.15) is 11.6 Å². The molecule has 0 amide bonds. The summed E-state index contributed by atoms with van der Waals surface area (Å²) in [4.78, 5) is 0. The van der Waals surface area contributed by atoms with Crippen LogP contribution in [0.4, 0.5) is 4.39 Å². The van der Waals surface area contributed by atoms with Crippen LogP contribution in [0.15, 0.2) is 36.4 Å². The molecule has 2 aromatic rings. The molecular weight excluding hydrogens is 203 g/mol. The Bertz CT molecular complexity index is 506. The van der Waals surface area contributed by atoms with Crippen LogP contribution in [0, 0.1) is 18.8 Å². The van der Waals surface area contributed by atoms with Crippen molar-refractivity contribution in [2.75, 3.05) is 7.11 Å². The van der Waals surface area contributed by atoms with Crippen LogP contribution in [0.1, 0.15) is 5.56 Å². The predicted molar refractivity (Wildman–Crippen MR) is 62.0 cm³/mol. The average molecular weight is 215 g/mol. The summed E-state index contributed by atoms with van der Waals surface area (Å²) >= 11 is 0. The second-order valence-electron chi connectivity index (χ2n) is 3.60. The second kappa shape index (κ2) is 4.35.